The summed E-state index contributed by atoms with van der Waals surface area (Å²) in [5, 5.41) is 0. The summed E-state index contributed by atoms with van der Waals surface area (Å²) in [4.78, 5) is 25.6. The molecule has 0 aromatic heterocycles. The predicted octanol–water partition coefficient (Wildman–Crippen LogP) is 5.47. The first kappa shape index (κ1) is 20.2. The maximum atomic E-state index is 12.8. The zero-order chi connectivity index (χ0) is 18.8. The van der Waals surface area contributed by atoms with Crippen LogP contribution in [0.1, 0.15) is 85.9 Å². The van der Waals surface area contributed by atoms with E-state index in [4.69, 9.17) is 9.47 Å². The molecule has 0 fully saturated rings. The van der Waals surface area contributed by atoms with E-state index in [0.717, 1.165) is 51.4 Å². The number of ether oxygens (including phenoxy) is 2. The molecule has 2 rings (SSSR count). The molecule has 0 bridgehead atoms. The second kappa shape index (κ2) is 10.8. The van der Waals surface area contributed by atoms with Gasteiger partial charge in [-0.2, -0.15) is 0 Å². The smallest absolute Gasteiger partial charge is 0.232 e. The van der Waals surface area contributed by atoms with Gasteiger partial charge in [-0.1, -0.05) is 76.6 Å². The molecule has 1 aromatic rings. The van der Waals surface area contributed by atoms with Crippen LogP contribution in [-0.2, 0) is 9.47 Å². The summed E-state index contributed by atoms with van der Waals surface area (Å²) in [5.41, 5.74) is 0.804. The minimum atomic E-state index is -0.251. The number of carbonyl (C=O) groups is 2. The van der Waals surface area contributed by atoms with Gasteiger partial charge in [-0.25, -0.2) is 0 Å². The number of rotatable bonds is 12. The quantitative estimate of drug-likeness (QED) is 0.465. The summed E-state index contributed by atoms with van der Waals surface area (Å²) in [6.07, 6.45) is 8.39. The van der Waals surface area contributed by atoms with Gasteiger partial charge in [-0.05, 0) is 12.8 Å². The number of benzene rings is 1. The molecule has 4 nitrogen and oxygen atoms in total. The van der Waals surface area contributed by atoms with Crippen molar-refractivity contribution >= 4 is 11.6 Å². The van der Waals surface area contributed by atoms with Gasteiger partial charge in [0.2, 0.25) is 23.1 Å². The molecule has 26 heavy (non-hydrogen) atoms. The number of carbonyl (C=O) groups excluding carboxylic acids is 2. The first-order valence-corrected chi connectivity index (χ1v) is 9.89. The number of fused-ring (bicyclic) bond motifs is 1. The molecular formula is C22H30O4. The molecule has 0 radical (unpaired) electrons. The average molecular weight is 358 g/mol. The van der Waals surface area contributed by atoms with Gasteiger partial charge in [0.25, 0.3) is 0 Å². The van der Waals surface area contributed by atoms with Crippen molar-refractivity contribution < 1.29 is 19.1 Å². The van der Waals surface area contributed by atoms with Crippen LogP contribution in [0.2, 0.25) is 0 Å². The number of hydrogen-bond acceptors (Lipinski definition) is 4. The van der Waals surface area contributed by atoms with Gasteiger partial charge in [0.05, 0.1) is 13.2 Å². The molecule has 0 aliphatic heterocycles. The van der Waals surface area contributed by atoms with Crippen LogP contribution in [0, 0.1) is 0 Å². The van der Waals surface area contributed by atoms with Gasteiger partial charge in [-0.3, -0.25) is 9.59 Å². The van der Waals surface area contributed by atoms with Crippen LogP contribution in [0.25, 0.3) is 0 Å². The molecule has 0 saturated heterocycles. The number of hydrogen-bond donors (Lipinski definition) is 0. The number of unbranched alkanes of at least 4 members (excludes halogenated alkanes) is 6. The van der Waals surface area contributed by atoms with Gasteiger partial charge in [0.1, 0.15) is 0 Å². The van der Waals surface area contributed by atoms with Crippen LogP contribution in [-0.4, -0.2) is 24.8 Å². The Bertz CT molecular complexity index is 590. The summed E-state index contributed by atoms with van der Waals surface area (Å²) in [5.74, 6) is -0.333. The van der Waals surface area contributed by atoms with Crippen molar-refractivity contribution in [3.05, 3.63) is 46.9 Å². The minimum absolute atomic E-state index is 0.0840. The summed E-state index contributed by atoms with van der Waals surface area (Å²) < 4.78 is 11.5. The van der Waals surface area contributed by atoms with E-state index < -0.39 is 0 Å². The van der Waals surface area contributed by atoms with Crippen molar-refractivity contribution in [3.8, 4) is 0 Å². The third-order valence-corrected chi connectivity index (χ3v) is 4.52. The highest BCUT2D eigenvalue weighted by Gasteiger charge is 2.34. The van der Waals surface area contributed by atoms with Crippen molar-refractivity contribution in [1.82, 2.24) is 0 Å². The molecule has 0 saturated carbocycles. The van der Waals surface area contributed by atoms with Crippen molar-refractivity contribution in [1.29, 1.82) is 0 Å². The molecule has 0 heterocycles. The van der Waals surface area contributed by atoms with Gasteiger partial charge in [0, 0.05) is 11.1 Å². The molecule has 1 aliphatic rings. The van der Waals surface area contributed by atoms with Crippen LogP contribution < -0.4 is 0 Å². The van der Waals surface area contributed by atoms with E-state index >= 15 is 0 Å². The van der Waals surface area contributed by atoms with Crippen molar-refractivity contribution in [3.63, 3.8) is 0 Å². The van der Waals surface area contributed by atoms with E-state index in [0.29, 0.717) is 24.3 Å². The third kappa shape index (κ3) is 5.20. The van der Waals surface area contributed by atoms with Gasteiger partial charge in [-0.15, -0.1) is 0 Å². The number of Topliss-reactive ketones (excluding diaryl/α,β-unsaturated/α-hetero) is 2. The van der Waals surface area contributed by atoms with E-state index in [9.17, 15) is 9.59 Å². The predicted molar refractivity (Wildman–Crippen MR) is 102 cm³/mol. The fourth-order valence-corrected chi connectivity index (χ4v) is 3.00. The van der Waals surface area contributed by atoms with Gasteiger partial charge >= 0.3 is 0 Å². The Morgan fingerprint density at radius 2 is 1.08 bits per heavy atom. The standard InChI is InChI=1S/C22H30O4/c1-3-5-7-11-15-25-21-19(23)17-13-9-10-14-18(17)20(24)22(21)26-16-12-8-6-4-2/h9-10,13-14H,3-8,11-12,15-16H2,1-2H3. The largest absolute Gasteiger partial charge is 0.486 e. The zero-order valence-corrected chi connectivity index (χ0v) is 16.0. The summed E-state index contributed by atoms with van der Waals surface area (Å²) in [6, 6.07) is 6.88. The Morgan fingerprint density at radius 1 is 0.654 bits per heavy atom. The van der Waals surface area contributed by atoms with Crippen LogP contribution in [0.15, 0.2) is 35.8 Å². The highest BCUT2D eigenvalue weighted by Crippen LogP contribution is 2.28. The van der Waals surface area contributed by atoms with Crippen LogP contribution in [0.5, 0.6) is 0 Å². The van der Waals surface area contributed by atoms with E-state index in [2.05, 4.69) is 13.8 Å². The Morgan fingerprint density at radius 3 is 1.46 bits per heavy atom. The lowest BCUT2D eigenvalue weighted by atomic mass is 9.92. The molecular weight excluding hydrogens is 328 g/mol. The molecule has 0 atom stereocenters. The van der Waals surface area contributed by atoms with Crippen LogP contribution in [0.4, 0.5) is 0 Å². The number of allylic oxidation sites excluding steroid dienone is 2. The zero-order valence-electron chi connectivity index (χ0n) is 16.0. The first-order valence-electron chi connectivity index (χ1n) is 9.89. The highest BCUT2D eigenvalue weighted by atomic mass is 16.5. The minimum Gasteiger partial charge on any atom is -0.486 e. The fraction of sp³-hybridized carbons (Fsp3) is 0.545. The van der Waals surface area contributed by atoms with Crippen molar-refractivity contribution in [2.45, 2.75) is 65.2 Å². The van der Waals surface area contributed by atoms with Crippen LogP contribution >= 0.6 is 0 Å². The van der Waals surface area contributed by atoms with Gasteiger partial charge < -0.3 is 9.47 Å². The van der Waals surface area contributed by atoms with E-state index in [1.165, 1.54) is 0 Å². The molecule has 142 valence electrons. The Kier molecular flexibility index (Phi) is 8.39. The molecule has 0 amide bonds. The maximum Gasteiger partial charge on any atom is 0.232 e. The Hall–Kier alpha value is -2.10. The topological polar surface area (TPSA) is 52.6 Å². The lowest BCUT2D eigenvalue weighted by Gasteiger charge is -2.21. The lowest BCUT2D eigenvalue weighted by molar-refractivity contribution is 0.0744. The average Bonchev–Trinajstić information content (AvgIpc) is 2.66. The monoisotopic (exact) mass is 358 g/mol. The first-order chi connectivity index (χ1) is 12.7. The second-order valence-electron chi connectivity index (χ2n) is 6.68. The summed E-state index contributed by atoms with van der Waals surface area (Å²) in [6.45, 7) is 5.15. The Balaban J connectivity index is 2.11. The fourth-order valence-electron chi connectivity index (χ4n) is 3.00. The summed E-state index contributed by atoms with van der Waals surface area (Å²) >= 11 is 0. The number of ketones is 2. The van der Waals surface area contributed by atoms with E-state index in [-0.39, 0.29) is 23.1 Å². The lowest BCUT2D eigenvalue weighted by Crippen LogP contribution is -2.25. The Labute approximate surface area is 156 Å². The normalized spacial score (nSPS) is 13.8. The molecule has 0 unspecified atom stereocenters. The molecule has 0 N–H and O–H groups in total. The molecule has 4 heteroatoms. The highest BCUT2D eigenvalue weighted by molar-refractivity contribution is 6.25. The molecule has 1 aromatic carbocycles. The van der Waals surface area contributed by atoms with Crippen LogP contribution in [0.3, 0.4) is 0 Å². The molecule has 0 spiro atoms. The van der Waals surface area contributed by atoms with E-state index in [1.54, 1.807) is 24.3 Å². The SMILES string of the molecule is CCCCCCOC1=C(OCCCCCC)C(=O)c2ccccc2C1=O. The van der Waals surface area contributed by atoms with Gasteiger partial charge in [0.15, 0.2) is 0 Å². The maximum absolute atomic E-state index is 12.8. The second-order valence-corrected chi connectivity index (χ2v) is 6.68. The van der Waals surface area contributed by atoms with Crippen molar-refractivity contribution in [2.75, 3.05) is 13.2 Å². The van der Waals surface area contributed by atoms with E-state index in [1.807, 2.05) is 0 Å². The van der Waals surface area contributed by atoms with Crippen molar-refractivity contribution in [2.24, 2.45) is 0 Å². The third-order valence-electron chi connectivity index (χ3n) is 4.52. The summed E-state index contributed by atoms with van der Waals surface area (Å²) in [7, 11) is 0. The molecule has 1 aliphatic carbocycles.